The molecule has 126 valence electrons. The highest BCUT2D eigenvalue weighted by Gasteiger charge is 2.10. The Hall–Kier alpha value is -1.77. The molecule has 2 aliphatic heterocycles. The van der Waals surface area contributed by atoms with Crippen LogP contribution < -0.4 is 15.6 Å². The maximum atomic E-state index is 3.47. The fourth-order valence-corrected chi connectivity index (χ4v) is 2.79. The normalized spacial score (nSPS) is 17.0. The van der Waals surface area contributed by atoms with Gasteiger partial charge < -0.3 is 5.32 Å². The van der Waals surface area contributed by atoms with Gasteiger partial charge in [0.1, 0.15) is 0 Å². The van der Waals surface area contributed by atoms with E-state index in [-0.39, 0.29) is 0 Å². The minimum absolute atomic E-state index is 1.14. The number of amidine groups is 1. The van der Waals surface area contributed by atoms with Gasteiger partial charge in [0.25, 0.3) is 0 Å². The molecule has 3 heteroatoms. The van der Waals surface area contributed by atoms with Crippen LogP contribution in [-0.4, -0.2) is 25.5 Å². The van der Waals surface area contributed by atoms with Gasteiger partial charge >= 0.3 is 0 Å². The maximum absolute atomic E-state index is 3.47. The maximum Gasteiger partial charge on any atom is 0.242 e. The van der Waals surface area contributed by atoms with Crippen LogP contribution in [0.25, 0.3) is 0 Å². The molecule has 0 bridgehead atoms. The molecule has 3 N–H and O–H groups in total. The van der Waals surface area contributed by atoms with E-state index in [1.807, 2.05) is 0 Å². The van der Waals surface area contributed by atoms with Crippen molar-refractivity contribution < 1.29 is 4.99 Å². The molecule has 1 aromatic carbocycles. The molecule has 0 aliphatic carbocycles. The first kappa shape index (κ1) is 17.6. The van der Waals surface area contributed by atoms with Crippen molar-refractivity contribution >= 4 is 5.84 Å². The van der Waals surface area contributed by atoms with Gasteiger partial charge in [0.15, 0.2) is 0 Å². The quantitative estimate of drug-likeness (QED) is 0.797. The van der Waals surface area contributed by atoms with E-state index in [1.54, 1.807) is 0 Å². The van der Waals surface area contributed by atoms with Crippen LogP contribution >= 0.6 is 0 Å². The first-order valence-electron chi connectivity index (χ1n) is 9.04. The first-order chi connectivity index (χ1) is 11.2. The molecule has 0 saturated carbocycles. The van der Waals surface area contributed by atoms with Crippen LogP contribution in [0.15, 0.2) is 36.0 Å². The lowest BCUT2D eigenvalue weighted by Crippen LogP contribution is -2.79. The van der Waals surface area contributed by atoms with Crippen LogP contribution in [0.5, 0.6) is 0 Å². The zero-order valence-electron chi connectivity index (χ0n) is 14.8. The lowest BCUT2D eigenvalue weighted by atomic mass is 10.1. The lowest BCUT2D eigenvalue weighted by molar-refractivity contribution is -0.465. The van der Waals surface area contributed by atoms with Gasteiger partial charge in [0.05, 0.1) is 13.1 Å². The van der Waals surface area contributed by atoms with E-state index in [0.29, 0.717) is 0 Å². The standard InChI is InChI=1S/C12H21N3.C8H10/c1-2-8-13-11(5-1)6-3-7-12-14-9-4-10-15-12;1-7-3-5-8(2)6-4-7/h5,13H,1-4,6-10H2,(H,14,15);3-6H,1-2H3/p+1. The lowest BCUT2D eigenvalue weighted by Gasteiger charge is -2.15. The molecular weight excluding hydrogens is 282 g/mol. The van der Waals surface area contributed by atoms with E-state index in [2.05, 4.69) is 59.8 Å². The highest BCUT2D eigenvalue weighted by Crippen LogP contribution is 2.10. The summed E-state index contributed by atoms with van der Waals surface area (Å²) in [5.41, 5.74) is 4.11. The molecule has 1 aromatic rings. The molecule has 0 aromatic heterocycles. The summed E-state index contributed by atoms with van der Waals surface area (Å²) in [4.78, 5) is 3.42. The Morgan fingerprint density at radius 2 is 1.61 bits per heavy atom. The van der Waals surface area contributed by atoms with Crippen molar-refractivity contribution in [2.24, 2.45) is 0 Å². The van der Waals surface area contributed by atoms with Crippen LogP contribution in [-0.2, 0) is 0 Å². The number of allylic oxidation sites excluding steroid dienone is 2. The van der Waals surface area contributed by atoms with E-state index in [0.717, 1.165) is 13.1 Å². The van der Waals surface area contributed by atoms with E-state index in [1.165, 1.54) is 67.7 Å². The molecule has 0 atom stereocenters. The summed E-state index contributed by atoms with van der Waals surface area (Å²) in [6.07, 6.45) is 9.77. The predicted octanol–water partition coefficient (Wildman–Crippen LogP) is 2.20. The van der Waals surface area contributed by atoms with Crippen LogP contribution in [0.1, 0.15) is 49.7 Å². The summed E-state index contributed by atoms with van der Waals surface area (Å²) in [7, 11) is 0. The van der Waals surface area contributed by atoms with Crippen molar-refractivity contribution in [3.63, 3.8) is 0 Å². The van der Waals surface area contributed by atoms with Crippen molar-refractivity contribution in [3.05, 3.63) is 47.2 Å². The third-order valence-electron chi connectivity index (χ3n) is 4.25. The molecule has 23 heavy (non-hydrogen) atoms. The first-order valence-corrected chi connectivity index (χ1v) is 9.04. The minimum atomic E-state index is 1.14. The number of hydrogen-bond acceptors (Lipinski definition) is 2. The fourth-order valence-electron chi connectivity index (χ4n) is 2.79. The summed E-state index contributed by atoms with van der Waals surface area (Å²) < 4.78 is 0. The summed E-state index contributed by atoms with van der Waals surface area (Å²) in [5.74, 6) is 1.35. The average Bonchev–Trinajstić information content (AvgIpc) is 2.60. The highest BCUT2D eigenvalue weighted by molar-refractivity contribution is 5.76. The van der Waals surface area contributed by atoms with Crippen LogP contribution in [0.2, 0.25) is 0 Å². The number of hydrogen-bond donors (Lipinski definition) is 3. The van der Waals surface area contributed by atoms with Crippen LogP contribution in [0, 0.1) is 13.8 Å². The van der Waals surface area contributed by atoms with E-state index in [9.17, 15) is 0 Å². The third-order valence-corrected chi connectivity index (χ3v) is 4.25. The molecule has 0 spiro atoms. The van der Waals surface area contributed by atoms with Gasteiger partial charge in [-0.1, -0.05) is 41.5 Å². The summed E-state index contributed by atoms with van der Waals surface area (Å²) in [6, 6.07) is 8.48. The molecule has 0 amide bonds. The summed E-state index contributed by atoms with van der Waals surface area (Å²) in [6.45, 7) is 7.64. The molecular formula is C20H32N3+. The number of aryl methyl sites for hydroxylation is 2. The van der Waals surface area contributed by atoms with Gasteiger partial charge in [0, 0.05) is 25.1 Å². The van der Waals surface area contributed by atoms with E-state index < -0.39 is 0 Å². The molecule has 3 nitrogen and oxygen atoms in total. The van der Waals surface area contributed by atoms with Crippen LogP contribution in [0.4, 0.5) is 0 Å². The number of rotatable bonds is 4. The van der Waals surface area contributed by atoms with Gasteiger partial charge in [-0.15, -0.1) is 0 Å². The van der Waals surface area contributed by atoms with Gasteiger partial charge in [-0.3, -0.25) is 10.3 Å². The Morgan fingerprint density at radius 3 is 2.17 bits per heavy atom. The molecule has 0 unspecified atom stereocenters. The number of benzene rings is 1. The van der Waals surface area contributed by atoms with Crippen LogP contribution in [0.3, 0.4) is 0 Å². The Labute approximate surface area is 141 Å². The Kier molecular flexibility index (Phi) is 7.71. The topological polar surface area (TPSA) is 38.0 Å². The molecule has 2 aliphatic rings. The molecule has 0 saturated heterocycles. The Morgan fingerprint density at radius 1 is 0.913 bits per heavy atom. The molecule has 0 radical (unpaired) electrons. The van der Waals surface area contributed by atoms with E-state index >= 15 is 0 Å². The second-order valence-corrected chi connectivity index (χ2v) is 6.49. The fraction of sp³-hybridized carbons (Fsp3) is 0.550. The van der Waals surface area contributed by atoms with Gasteiger partial charge in [0.2, 0.25) is 5.84 Å². The Bertz CT molecular complexity index is 467. The third kappa shape index (κ3) is 7.36. The minimum Gasteiger partial charge on any atom is -0.389 e. The summed E-state index contributed by atoms with van der Waals surface area (Å²) in [5, 5.41) is 6.89. The van der Waals surface area contributed by atoms with Gasteiger partial charge in [-0.05, 0) is 39.5 Å². The smallest absolute Gasteiger partial charge is 0.242 e. The van der Waals surface area contributed by atoms with E-state index in [4.69, 9.17) is 0 Å². The largest absolute Gasteiger partial charge is 0.389 e. The monoisotopic (exact) mass is 314 g/mol. The van der Waals surface area contributed by atoms with Crippen molar-refractivity contribution in [3.8, 4) is 0 Å². The van der Waals surface area contributed by atoms with Crippen molar-refractivity contribution in [1.29, 1.82) is 0 Å². The zero-order chi connectivity index (χ0) is 16.3. The number of nitrogens with one attached hydrogen (secondary N) is 3. The zero-order valence-corrected chi connectivity index (χ0v) is 14.8. The Balaban J connectivity index is 0.000000203. The second kappa shape index (κ2) is 10.1. The average molecular weight is 314 g/mol. The SMILES string of the molecule is C1=C(CCCC2=[NH+]CCCN2)NCCC1.Cc1ccc(C)cc1. The van der Waals surface area contributed by atoms with Gasteiger partial charge in [-0.2, -0.15) is 0 Å². The highest BCUT2D eigenvalue weighted by atomic mass is 15.0. The van der Waals surface area contributed by atoms with Crippen molar-refractivity contribution in [1.82, 2.24) is 10.6 Å². The molecule has 0 fully saturated rings. The van der Waals surface area contributed by atoms with Crippen molar-refractivity contribution in [2.45, 2.75) is 52.4 Å². The predicted molar refractivity (Wildman–Crippen MR) is 98.5 cm³/mol. The van der Waals surface area contributed by atoms with Gasteiger partial charge in [-0.25, -0.2) is 0 Å². The van der Waals surface area contributed by atoms with Crippen molar-refractivity contribution in [2.75, 3.05) is 19.6 Å². The molecule has 3 rings (SSSR count). The molecule has 2 heterocycles. The summed E-state index contributed by atoms with van der Waals surface area (Å²) >= 11 is 0. The second-order valence-electron chi connectivity index (χ2n) is 6.49.